The second kappa shape index (κ2) is 3.31. The maximum absolute atomic E-state index is 11.9. The summed E-state index contributed by atoms with van der Waals surface area (Å²) in [6.45, 7) is 3.30. The van der Waals surface area contributed by atoms with Gasteiger partial charge in [-0.15, -0.1) is 0 Å². The molecule has 2 heterocycles. The Labute approximate surface area is 93.2 Å². The van der Waals surface area contributed by atoms with Gasteiger partial charge in [0.1, 0.15) is 5.76 Å². The van der Waals surface area contributed by atoms with Gasteiger partial charge in [-0.3, -0.25) is 10.1 Å². The average molecular weight is 222 g/mol. The third-order valence-electron chi connectivity index (χ3n) is 3.49. The molecule has 0 bridgehead atoms. The molecule has 3 rings (SSSR count). The van der Waals surface area contributed by atoms with Crippen molar-refractivity contribution in [3.8, 4) is 0 Å². The van der Waals surface area contributed by atoms with E-state index >= 15 is 0 Å². The quantitative estimate of drug-likeness (QED) is 0.820. The first kappa shape index (κ1) is 9.84. The summed E-state index contributed by atoms with van der Waals surface area (Å²) in [6, 6.07) is 0.295. The lowest BCUT2D eigenvalue weighted by atomic mass is 10.0. The van der Waals surface area contributed by atoms with Crippen LogP contribution >= 0.6 is 0 Å². The molecule has 2 aliphatic rings. The highest BCUT2D eigenvalue weighted by Gasteiger charge is 2.59. The van der Waals surface area contributed by atoms with Crippen LogP contribution in [-0.2, 0) is 9.53 Å². The molecule has 1 amide bonds. The highest BCUT2D eigenvalue weighted by molar-refractivity contribution is 5.93. The Morgan fingerprint density at radius 1 is 1.69 bits per heavy atom. The van der Waals surface area contributed by atoms with E-state index in [9.17, 15) is 4.79 Å². The van der Waals surface area contributed by atoms with Crippen LogP contribution in [0.15, 0.2) is 10.6 Å². The van der Waals surface area contributed by atoms with Crippen molar-refractivity contribution in [2.24, 2.45) is 11.3 Å². The molecule has 1 saturated heterocycles. The van der Waals surface area contributed by atoms with Gasteiger partial charge in [0.25, 0.3) is 0 Å². The lowest BCUT2D eigenvalue weighted by Crippen LogP contribution is -2.19. The molecule has 86 valence electrons. The molecule has 1 aromatic rings. The van der Waals surface area contributed by atoms with Gasteiger partial charge in [-0.2, -0.15) is 0 Å². The Kier molecular flexibility index (Phi) is 2.04. The number of aryl methyl sites for hydroxylation is 1. The standard InChI is InChI=1S/C11H14N2O3/c1-7-5-12-10(16-7)13-9(14)8-4-11(8)2-3-15-6-11/h5,8H,2-4,6H2,1H3,(H,12,13,14). The highest BCUT2D eigenvalue weighted by atomic mass is 16.5. The van der Waals surface area contributed by atoms with Crippen LogP contribution in [0.1, 0.15) is 18.6 Å². The molecule has 5 heteroatoms. The third kappa shape index (κ3) is 1.51. The fourth-order valence-corrected chi connectivity index (χ4v) is 2.38. The fraction of sp³-hybridized carbons (Fsp3) is 0.636. The second-order valence-corrected chi connectivity index (χ2v) is 4.69. The molecule has 0 radical (unpaired) electrons. The van der Waals surface area contributed by atoms with Crippen molar-refractivity contribution in [1.82, 2.24) is 4.98 Å². The lowest BCUT2D eigenvalue weighted by Gasteiger charge is -2.05. The first-order chi connectivity index (χ1) is 7.70. The Hall–Kier alpha value is -1.36. The van der Waals surface area contributed by atoms with Gasteiger partial charge in [-0.05, 0) is 19.8 Å². The van der Waals surface area contributed by atoms with Gasteiger partial charge in [-0.25, -0.2) is 4.98 Å². The molecular formula is C11H14N2O3. The molecule has 5 nitrogen and oxygen atoms in total. The molecule has 2 unspecified atom stereocenters. The van der Waals surface area contributed by atoms with E-state index in [1.807, 2.05) is 0 Å². The van der Waals surface area contributed by atoms with Gasteiger partial charge in [0, 0.05) is 17.9 Å². The van der Waals surface area contributed by atoms with E-state index < -0.39 is 0 Å². The summed E-state index contributed by atoms with van der Waals surface area (Å²) in [5, 5.41) is 2.70. The molecule has 1 aromatic heterocycles. The predicted octanol–water partition coefficient (Wildman–Crippen LogP) is 1.35. The van der Waals surface area contributed by atoms with Crippen LogP contribution in [0.2, 0.25) is 0 Å². The smallest absolute Gasteiger partial charge is 0.301 e. The number of oxazole rings is 1. The monoisotopic (exact) mass is 222 g/mol. The van der Waals surface area contributed by atoms with Gasteiger partial charge in [-0.1, -0.05) is 0 Å². The average Bonchev–Trinajstić information content (AvgIpc) is 2.58. The van der Waals surface area contributed by atoms with Crippen LogP contribution in [0.5, 0.6) is 0 Å². The van der Waals surface area contributed by atoms with E-state index in [1.54, 1.807) is 13.1 Å². The Morgan fingerprint density at radius 2 is 2.56 bits per heavy atom. The predicted molar refractivity (Wildman–Crippen MR) is 55.8 cm³/mol. The van der Waals surface area contributed by atoms with Gasteiger partial charge in [0.05, 0.1) is 12.8 Å². The first-order valence-electron chi connectivity index (χ1n) is 5.51. The summed E-state index contributed by atoms with van der Waals surface area (Å²) < 4.78 is 10.5. The largest absolute Gasteiger partial charge is 0.429 e. The minimum atomic E-state index is 0.00681. The van der Waals surface area contributed by atoms with Crippen molar-refractivity contribution in [3.05, 3.63) is 12.0 Å². The second-order valence-electron chi connectivity index (χ2n) is 4.69. The number of carbonyl (C=O) groups excluding carboxylic acids is 1. The number of amides is 1. The van der Waals surface area contributed by atoms with E-state index in [-0.39, 0.29) is 17.2 Å². The summed E-state index contributed by atoms with van der Waals surface area (Å²) in [6.07, 6.45) is 3.52. The van der Waals surface area contributed by atoms with E-state index in [1.165, 1.54) is 0 Å². The van der Waals surface area contributed by atoms with Crippen LogP contribution in [0.3, 0.4) is 0 Å². The van der Waals surface area contributed by atoms with Gasteiger partial charge in [0.2, 0.25) is 5.91 Å². The van der Waals surface area contributed by atoms with Gasteiger partial charge < -0.3 is 9.15 Å². The van der Waals surface area contributed by atoms with Crippen molar-refractivity contribution in [2.45, 2.75) is 19.8 Å². The van der Waals surface area contributed by atoms with E-state index in [0.717, 1.165) is 26.1 Å². The molecule has 1 N–H and O–H groups in total. The Bertz CT molecular complexity index is 421. The van der Waals surface area contributed by atoms with Crippen molar-refractivity contribution >= 4 is 11.9 Å². The van der Waals surface area contributed by atoms with Gasteiger partial charge >= 0.3 is 6.01 Å². The van der Waals surface area contributed by atoms with E-state index in [2.05, 4.69) is 10.3 Å². The first-order valence-corrected chi connectivity index (χ1v) is 5.51. The van der Waals surface area contributed by atoms with Crippen LogP contribution < -0.4 is 5.32 Å². The molecule has 1 spiro atoms. The number of hydrogen-bond donors (Lipinski definition) is 1. The van der Waals surface area contributed by atoms with E-state index in [4.69, 9.17) is 9.15 Å². The van der Waals surface area contributed by atoms with Crippen molar-refractivity contribution in [3.63, 3.8) is 0 Å². The van der Waals surface area contributed by atoms with Crippen LogP contribution in [-0.4, -0.2) is 24.1 Å². The third-order valence-corrected chi connectivity index (χ3v) is 3.49. The molecule has 1 aliphatic heterocycles. The van der Waals surface area contributed by atoms with Crippen LogP contribution in [0.4, 0.5) is 6.01 Å². The molecule has 2 fully saturated rings. The number of nitrogens with zero attached hydrogens (tertiary/aromatic N) is 1. The van der Waals surface area contributed by atoms with Crippen LogP contribution in [0, 0.1) is 18.3 Å². The number of anilines is 1. The zero-order valence-electron chi connectivity index (χ0n) is 9.16. The Morgan fingerprint density at radius 3 is 3.19 bits per heavy atom. The number of aromatic nitrogens is 1. The molecule has 1 aliphatic carbocycles. The summed E-state index contributed by atoms with van der Waals surface area (Å²) in [5.41, 5.74) is 0.117. The van der Waals surface area contributed by atoms with E-state index in [0.29, 0.717) is 11.8 Å². The summed E-state index contributed by atoms with van der Waals surface area (Å²) in [7, 11) is 0. The molecule has 0 aromatic carbocycles. The molecular weight excluding hydrogens is 208 g/mol. The minimum absolute atomic E-state index is 0.00681. The zero-order valence-corrected chi connectivity index (χ0v) is 9.16. The summed E-state index contributed by atoms with van der Waals surface area (Å²) >= 11 is 0. The number of ether oxygens (including phenoxy) is 1. The van der Waals surface area contributed by atoms with Crippen molar-refractivity contribution < 1.29 is 13.9 Å². The van der Waals surface area contributed by atoms with Crippen molar-refractivity contribution in [2.75, 3.05) is 18.5 Å². The van der Waals surface area contributed by atoms with Crippen molar-refractivity contribution in [1.29, 1.82) is 0 Å². The summed E-state index contributed by atoms with van der Waals surface area (Å²) in [5.74, 6) is 0.777. The zero-order chi connectivity index (χ0) is 11.2. The molecule has 2 atom stereocenters. The molecule has 1 saturated carbocycles. The van der Waals surface area contributed by atoms with Gasteiger partial charge in [0.15, 0.2) is 0 Å². The number of rotatable bonds is 2. The normalized spacial score (nSPS) is 31.9. The number of nitrogens with one attached hydrogen (secondary N) is 1. The fourth-order valence-electron chi connectivity index (χ4n) is 2.38. The molecule has 16 heavy (non-hydrogen) atoms. The highest BCUT2D eigenvalue weighted by Crippen LogP contribution is 2.58. The van der Waals surface area contributed by atoms with Crippen LogP contribution in [0.25, 0.3) is 0 Å². The SMILES string of the molecule is Cc1cnc(NC(=O)C2CC23CCOC3)o1. The maximum atomic E-state index is 11.9. The summed E-state index contributed by atoms with van der Waals surface area (Å²) in [4.78, 5) is 15.8. The Balaban J connectivity index is 1.63. The number of hydrogen-bond acceptors (Lipinski definition) is 4. The maximum Gasteiger partial charge on any atom is 0.301 e. The lowest BCUT2D eigenvalue weighted by molar-refractivity contribution is -0.118. The topological polar surface area (TPSA) is 64.4 Å². The number of carbonyl (C=O) groups is 1. The minimum Gasteiger partial charge on any atom is -0.429 e.